The molecule has 0 radical (unpaired) electrons. The third-order valence-electron chi connectivity index (χ3n) is 4.44. The Kier molecular flexibility index (Phi) is 5.19. The number of carbonyl (C=O) groups is 1. The minimum Gasteiger partial charge on any atom is -0.368 e. The average Bonchev–Trinajstić information content (AvgIpc) is 3.06. The van der Waals surface area contributed by atoms with Gasteiger partial charge in [-0.1, -0.05) is 6.07 Å². The molecule has 1 amide bonds. The molecule has 1 fully saturated rings. The van der Waals surface area contributed by atoms with Crippen molar-refractivity contribution in [2.45, 2.75) is 25.6 Å². The van der Waals surface area contributed by atoms with Crippen molar-refractivity contribution < 1.29 is 22.4 Å². The summed E-state index contributed by atoms with van der Waals surface area (Å²) >= 11 is 0. The Morgan fingerprint density at radius 3 is 2.63 bits per heavy atom. The molecular formula is C16H18F4N6O. The number of nitrogens with two attached hydrogens (primary N) is 1. The van der Waals surface area contributed by atoms with Crippen LogP contribution in [0.2, 0.25) is 0 Å². The van der Waals surface area contributed by atoms with Gasteiger partial charge in [0.1, 0.15) is 5.82 Å². The maximum Gasteiger partial charge on any atom is 0.419 e. The third-order valence-corrected chi connectivity index (χ3v) is 4.44. The van der Waals surface area contributed by atoms with E-state index in [9.17, 15) is 22.4 Å². The maximum atomic E-state index is 13.3. The highest BCUT2D eigenvalue weighted by molar-refractivity contribution is 5.78. The number of H-pyrrole nitrogens is 1. The molecule has 3 rings (SSSR count). The van der Waals surface area contributed by atoms with Crippen LogP contribution in [0, 0.1) is 11.7 Å². The number of halogens is 4. The van der Waals surface area contributed by atoms with Crippen LogP contribution in [0.15, 0.2) is 18.2 Å². The lowest BCUT2D eigenvalue weighted by Crippen LogP contribution is -2.40. The molecule has 0 spiro atoms. The van der Waals surface area contributed by atoms with E-state index in [0.29, 0.717) is 37.9 Å². The van der Waals surface area contributed by atoms with Gasteiger partial charge in [-0.15, -0.1) is 5.10 Å². The Bertz CT molecular complexity index is 813. The fraction of sp³-hybridized carbons (Fsp3) is 0.438. The van der Waals surface area contributed by atoms with Crippen LogP contribution >= 0.6 is 0 Å². The zero-order valence-electron chi connectivity index (χ0n) is 14.2. The molecule has 7 nitrogen and oxygen atoms in total. The first-order valence-electron chi connectivity index (χ1n) is 8.30. The van der Waals surface area contributed by atoms with E-state index in [2.05, 4.69) is 20.5 Å². The number of hydrogen-bond donors (Lipinski definition) is 3. The molecule has 2 aromatic rings. The Balaban J connectivity index is 1.53. The van der Waals surface area contributed by atoms with Crippen molar-refractivity contribution in [3.63, 3.8) is 0 Å². The highest BCUT2D eigenvalue weighted by Gasteiger charge is 2.34. The number of nitrogen functional groups attached to an aromatic ring is 1. The Morgan fingerprint density at radius 1 is 1.33 bits per heavy atom. The molecule has 0 aliphatic carbocycles. The number of amides is 1. The van der Waals surface area contributed by atoms with Gasteiger partial charge in [0, 0.05) is 25.6 Å². The first-order chi connectivity index (χ1) is 12.7. The zero-order valence-corrected chi connectivity index (χ0v) is 14.2. The molecule has 1 aliphatic rings. The van der Waals surface area contributed by atoms with Crippen molar-refractivity contribution >= 4 is 17.8 Å². The van der Waals surface area contributed by atoms with Crippen LogP contribution in [0.5, 0.6) is 0 Å². The van der Waals surface area contributed by atoms with Crippen molar-refractivity contribution in [3.8, 4) is 0 Å². The van der Waals surface area contributed by atoms with Gasteiger partial charge in [-0.3, -0.25) is 4.79 Å². The molecule has 0 atom stereocenters. The number of hydrogen-bond acceptors (Lipinski definition) is 5. The monoisotopic (exact) mass is 386 g/mol. The molecule has 27 heavy (non-hydrogen) atoms. The summed E-state index contributed by atoms with van der Waals surface area (Å²) in [7, 11) is 0. The molecule has 2 heterocycles. The van der Waals surface area contributed by atoms with Gasteiger partial charge in [0.15, 0.2) is 0 Å². The van der Waals surface area contributed by atoms with Crippen LogP contribution < -0.4 is 16.0 Å². The van der Waals surface area contributed by atoms with E-state index in [0.717, 1.165) is 6.07 Å². The molecule has 4 N–H and O–H groups in total. The number of alkyl halides is 3. The number of nitrogens with zero attached hydrogens (tertiary/aromatic N) is 3. The van der Waals surface area contributed by atoms with E-state index in [1.165, 1.54) is 6.07 Å². The summed E-state index contributed by atoms with van der Waals surface area (Å²) in [6.07, 6.45) is -3.67. The van der Waals surface area contributed by atoms with Crippen molar-refractivity contribution in [1.29, 1.82) is 0 Å². The maximum absolute atomic E-state index is 13.3. The SMILES string of the molecule is Nc1nc(N2CCC(C(=O)NCc3ccc(F)c(C(F)(F)F)c3)CC2)n[nH]1. The van der Waals surface area contributed by atoms with Gasteiger partial charge in [0.05, 0.1) is 5.56 Å². The Labute approximate surface area is 151 Å². The fourth-order valence-electron chi connectivity index (χ4n) is 2.98. The van der Waals surface area contributed by atoms with Gasteiger partial charge < -0.3 is 16.0 Å². The summed E-state index contributed by atoms with van der Waals surface area (Å²) in [6, 6.07) is 2.69. The summed E-state index contributed by atoms with van der Waals surface area (Å²) in [5.74, 6) is -1.17. The van der Waals surface area contributed by atoms with E-state index >= 15 is 0 Å². The van der Waals surface area contributed by atoms with E-state index < -0.39 is 17.6 Å². The molecule has 1 aliphatic heterocycles. The van der Waals surface area contributed by atoms with Crippen LogP contribution in [-0.4, -0.2) is 34.2 Å². The predicted octanol–water partition coefficient (Wildman–Crippen LogP) is 2.08. The number of anilines is 2. The van der Waals surface area contributed by atoms with E-state index in [-0.39, 0.29) is 29.9 Å². The number of benzene rings is 1. The second-order valence-electron chi connectivity index (χ2n) is 6.31. The van der Waals surface area contributed by atoms with Gasteiger partial charge in [0.2, 0.25) is 17.8 Å². The van der Waals surface area contributed by atoms with Crippen LogP contribution in [0.1, 0.15) is 24.0 Å². The quantitative estimate of drug-likeness (QED) is 0.699. The molecule has 11 heteroatoms. The van der Waals surface area contributed by atoms with Crippen LogP contribution in [0.3, 0.4) is 0 Å². The number of nitrogens with one attached hydrogen (secondary N) is 2. The summed E-state index contributed by atoms with van der Waals surface area (Å²) in [5, 5.41) is 9.13. The van der Waals surface area contributed by atoms with Crippen molar-refractivity contribution in [3.05, 3.63) is 35.1 Å². The Morgan fingerprint density at radius 2 is 2.04 bits per heavy atom. The lowest BCUT2D eigenvalue weighted by molar-refractivity contribution is -0.140. The first-order valence-corrected chi connectivity index (χ1v) is 8.30. The van der Waals surface area contributed by atoms with E-state index in [1.54, 1.807) is 0 Å². The molecule has 0 saturated carbocycles. The molecular weight excluding hydrogens is 368 g/mol. The van der Waals surface area contributed by atoms with Crippen molar-refractivity contribution in [2.75, 3.05) is 23.7 Å². The number of piperidine rings is 1. The lowest BCUT2D eigenvalue weighted by Gasteiger charge is -2.30. The van der Waals surface area contributed by atoms with Crippen LogP contribution in [-0.2, 0) is 17.5 Å². The zero-order chi connectivity index (χ0) is 19.6. The molecule has 0 unspecified atom stereocenters. The van der Waals surface area contributed by atoms with E-state index in [4.69, 9.17) is 5.73 Å². The lowest BCUT2D eigenvalue weighted by atomic mass is 9.96. The van der Waals surface area contributed by atoms with Gasteiger partial charge in [-0.2, -0.15) is 18.2 Å². The van der Waals surface area contributed by atoms with Crippen molar-refractivity contribution in [1.82, 2.24) is 20.5 Å². The average molecular weight is 386 g/mol. The summed E-state index contributed by atoms with van der Waals surface area (Å²) in [4.78, 5) is 18.2. The summed E-state index contributed by atoms with van der Waals surface area (Å²) in [5.41, 5.74) is 4.33. The molecule has 1 aromatic heterocycles. The van der Waals surface area contributed by atoms with Crippen LogP contribution in [0.4, 0.5) is 29.5 Å². The number of aromatic amines is 1. The van der Waals surface area contributed by atoms with Crippen LogP contribution in [0.25, 0.3) is 0 Å². The highest BCUT2D eigenvalue weighted by atomic mass is 19.4. The molecule has 0 bridgehead atoms. The van der Waals surface area contributed by atoms with E-state index in [1.807, 2.05) is 4.90 Å². The normalized spacial score (nSPS) is 15.8. The minimum absolute atomic E-state index is 0.0974. The fourth-order valence-corrected chi connectivity index (χ4v) is 2.98. The number of aromatic nitrogens is 3. The molecule has 146 valence electrons. The first kappa shape index (κ1) is 18.9. The standard InChI is InChI=1S/C16H18F4N6O/c17-12-2-1-9(7-11(12)16(18,19)20)8-22-13(27)10-3-5-26(6-4-10)15-23-14(21)24-25-15/h1-2,7,10H,3-6,8H2,(H,22,27)(H3,21,23,24,25). The molecule has 1 saturated heterocycles. The third kappa shape index (κ3) is 4.47. The number of carbonyl (C=O) groups excluding carboxylic acids is 1. The summed E-state index contributed by atoms with van der Waals surface area (Å²) < 4.78 is 51.5. The minimum atomic E-state index is -4.78. The number of rotatable bonds is 4. The second-order valence-corrected chi connectivity index (χ2v) is 6.31. The highest BCUT2D eigenvalue weighted by Crippen LogP contribution is 2.32. The largest absolute Gasteiger partial charge is 0.419 e. The Hall–Kier alpha value is -2.85. The van der Waals surface area contributed by atoms with Gasteiger partial charge >= 0.3 is 6.18 Å². The van der Waals surface area contributed by atoms with Crippen molar-refractivity contribution in [2.24, 2.45) is 5.92 Å². The van der Waals surface area contributed by atoms with Gasteiger partial charge in [0.25, 0.3) is 0 Å². The second kappa shape index (κ2) is 7.41. The molecule has 1 aromatic carbocycles. The summed E-state index contributed by atoms with van der Waals surface area (Å²) in [6.45, 7) is 1.02. The predicted molar refractivity (Wildman–Crippen MR) is 89.0 cm³/mol. The topological polar surface area (TPSA) is 99.9 Å². The van der Waals surface area contributed by atoms with Gasteiger partial charge in [-0.25, -0.2) is 9.49 Å². The smallest absolute Gasteiger partial charge is 0.368 e. The van der Waals surface area contributed by atoms with Gasteiger partial charge in [-0.05, 0) is 30.5 Å².